The van der Waals surface area contributed by atoms with Crippen molar-refractivity contribution in [3.63, 3.8) is 0 Å². The molecule has 0 radical (unpaired) electrons. The zero-order valence-electron chi connectivity index (χ0n) is 7.25. The van der Waals surface area contributed by atoms with Crippen LogP contribution in [0.25, 0.3) is 0 Å². The third-order valence-electron chi connectivity index (χ3n) is 1.09. The van der Waals surface area contributed by atoms with Gasteiger partial charge in [0.1, 0.15) is 0 Å². The largest absolute Gasteiger partial charge is 0.482 e. The van der Waals surface area contributed by atoms with Gasteiger partial charge in [-0.3, -0.25) is 0 Å². The first kappa shape index (κ1) is 9.81. The Morgan fingerprint density at radius 2 is 1.82 bits per heavy atom. The van der Waals surface area contributed by atoms with Crippen LogP contribution in [0, 0.1) is 0 Å². The lowest BCUT2D eigenvalue weighted by molar-refractivity contribution is -0.135. The van der Waals surface area contributed by atoms with Gasteiger partial charge in [0.2, 0.25) is 0 Å². The van der Waals surface area contributed by atoms with Crippen molar-refractivity contribution in [3.8, 4) is 0 Å². The van der Waals surface area contributed by atoms with Crippen molar-refractivity contribution in [1.29, 1.82) is 0 Å². The van der Waals surface area contributed by atoms with Gasteiger partial charge in [0.05, 0.1) is 20.3 Å². The van der Waals surface area contributed by atoms with E-state index < -0.39 is 5.97 Å². The highest BCUT2D eigenvalue weighted by atomic mass is 16.5. The summed E-state index contributed by atoms with van der Waals surface area (Å²) >= 11 is 0. The van der Waals surface area contributed by atoms with Crippen molar-refractivity contribution in [2.45, 2.75) is 0 Å². The number of rotatable bonds is 3. The molecule has 64 valence electrons. The Morgan fingerprint density at radius 3 is 2.09 bits per heavy atom. The molecule has 0 rings (SSSR count). The van der Waals surface area contributed by atoms with Crippen molar-refractivity contribution < 1.29 is 14.3 Å². The fourth-order valence-electron chi connectivity index (χ4n) is 0.530. The molecule has 0 aliphatic carbocycles. The molecule has 4 heteroatoms. The van der Waals surface area contributed by atoms with E-state index in [1.807, 2.05) is 0 Å². The Balaban J connectivity index is 4.23. The smallest absolute Gasteiger partial charge is 0.335 e. The maximum absolute atomic E-state index is 10.7. The third-order valence-corrected chi connectivity index (χ3v) is 1.09. The molecular weight excluding hydrogens is 146 g/mol. The molecule has 0 aliphatic heterocycles. The van der Waals surface area contributed by atoms with E-state index in [0.717, 1.165) is 0 Å². The number of hydrogen-bond donors (Lipinski definition) is 0. The maximum atomic E-state index is 10.7. The maximum Gasteiger partial charge on any atom is 0.335 e. The molecule has 0 amide bonds. The monoisotopic (exact) mass is 159 g/mol. The molecular formula is C7H13NO3. The van der Waals surface area contributed by atoms with Gasteiger partial charge in [-0.1, -0.05) is 0 Å². The molecule has 0 bridgehead atoms. The number of hydrogen-bond acceptors (Lipinski definition) is 4. The second kappa shape index (κ2) is 4.60. The van der Waals surface area contributed by atoms with Crippen molar-refractivity contribution in [3.05, 3.63) is 12.0 Å². The summed E-state index contributed by atoms with van der Waals surface area (Å²) in [5, 5.41) is 0. The second-order valence-corrected chi connectivity index (χ2v) is 2.10. The molecule has 0 fully saturated rings. The lowest BCUT2D eigenvalue weighted by Crippen LogP contribution is -2.14. The molecule has 0 aromatic heterocycles. The van der Waals surface area contributed by atoms with Crippen LogP contribution >= 0.6 is 0 Å². The average Bonchev–Trinajstić information content (AvgIpc) is 1.99. The van der Waals surface area contributed by atoms with Gasteiger partial charge in [-0.15, -0.1) is 0 Å². The Morgan fingerprint density at radius 1 is 1.27 bits per heavy atom. The first-order valence-electron chi connectivity index (χ1n) is 3.12. The van der Waals surface area contributed by atoms with E-state index in [9.17, 15) is 4.79 Å². The van der Waals surface area contributed by atoms with Gasteiger partial charge in [0, 0.05) is 14.1 Å². The van der Waals surface area contributed by atoms with Crippen LogP contribution in [-0.2, 0) is 14.3 Å². The van der Waals surface area contributed by atoms with Crippen LogP contribution in [-0.4, -0.2) is 39.2 Å². The van der Waals surface area contributed by atoms with Gasteiger partial charge in [0.25, 0.3) is 0 Å². The molecule has 0 heterocycles. The summed E-state index contributed by atoms with van der Waals surface area (Å²) in [6.45, 7) is 0. The summed E-state index contributed by atoms with van der Waals surface area (Å²) in [5.41, 5.74) is 0. The van der Waals surface area contributed by atoms with Gasteiger partial charge < -0.3 is 14.4 Å². The Bertz CT molecular complexity index is 163. The van der Waals surface area contributed by atoms with Crippen LogP contribution in [0.4, 0.5) is 0 Å². The summed E-state index contributed by atoms with van der Waals surface area (Å²) in [5.74, 6) is 0.0485. The normalized spacial score (nSPS) is 10.7. The van der Waals surface area contributed by atoms with Crippen molar-refractivity contribution in [2.75, 3.05) is 28.3 Å². The van der Waals surface area contributed by atoms with E-state index in [0.29, 0.717) is 5.88 Å². The molecule has 0 saturated carbocycles. The highest BCUT2D eigenvalue weighted by molar-refractivity contribution is 5.82. The van der Waals surface area contributed by atoms with E-state index >= 15 is 0 Å². The topological polar surface area (TPSA) is 38.8 Å². The van der Waals surface area contributed by atoms with E-state index in [2.05, 4.69) is 4.74 Å². The first-order valence-corrected chi connectivity index (χ1v) is 3.12. The van der Waals surface area contributed by atoms with Crippen LogP contribution in [0.1, 0.15) is 0 Å². The van der Waals surface area contributed by atoms with Gasteiger partial charge in [-0.25, -0.2) is 4.79 Å². The van der Waals surface area contributed by atoms with Crippen molar-refractivity contribution >= 4 is 5.97 Å². The predicted molar refractivity (Wildman–Crippen MR) is 40.8 cm³/mol. The van der Waals surface area contributed by atoms with Crippen molar-refractivity contribution in [2.24, 2.45) is 0 Å². The fourth-order valence-corrected chi connectivity index (χ4v) is 0.530. The number of esters is 1. The molecule has 4 nitrogen and oxygen atoms in total. The van der Waals surface area contributed by atoms with Gasteiger partial charge in [-0.2, -0.15) is 0 Å². The molecule has 0 N–H and O–H groups in total. The van der Waals surface area contributed by atoms with Crippen LogP contribution in [0.5, 0.6) is 0 Å². The first-order chi connectivity index (χ1) is 5.11. The third kappa shape index (κ3) is 3.50. The predicted octanol–water partition coefficient (Wildman–Crippen LogP) is 0.209. The zero-order valence-corrected chi connectivity index (χ0v) is 7.25. The minimum absolute atomic E-state index is 0.421. The lowest BCUT2D eigenvalue weighted by atomic mass is 10.5. The Kier molecular flexibility index (Phi) is 4.10. The average molecular weight is 159 g/mol. The standard InChI is InChI=1S/C7H13NO3/c1-8(2)6(10-3)5-7(9)11-4/h5H,1-4H3/b6-5+. The van der Waals surface area contributed by atoms with E-state index in [4.69, 9.17) is 4.74 Å². The fraction of sp³-hybridized carbons (Fsp3) is 0.571. The molecule has 0 aromatic rings. The number of ether oxygens (including phenoxy) is 2. The molecule has 0 atom stereocenters. The van der Waals surface area contributed by atoms with Crippen LogP contribution < -0.4 is 0 Å². The van der Waals surface area contributed by atoms with Crippen LogP contribution in [0.3, 0.4) is 0 Å². The molecule has 11 heavy (non-hydrogen) atoms. The second-order valence-electron chi connectivity index (χ2n) is 2.10. The summed E-state index contributed by atoms with van der Waals surface area (Å²) in [7, 11) is 6.37. The summed E-state index contributed by atoms with van der Waals surface area (Å²) in [4.78, 5) is 12.4. The highest BCUT2D eigenvalue weighted by Crippen LogP contribution is 1.98. The van der Waals surface area contributed by atoms with Crippen LogP contribution in [0.2, 0.25) is 0 Å². The lowest BCUT2D eigenvalue weighted by Gasteiger charge is -2.14. The van der Waals surface area contributed by atoms with E-state index in [-0.39, 0.29) is 0 Å². The number of carbonyl (C=O) groups excluding carboxylic acids is 1. The number of methoxy groups -OCH3 is 2. The highest BCUT2D eigenvalue weighted by Gasteiger charge is 2.02. The minimum atomic E-state index is -0.421. The van der Waals surface area contributed by atoms with Gasteiger partial charge >= 0.3 is 5.97 Å². The molecule has 0 saturated heterocycles. The SMILES string of the molecule is COC(=O)/C=C(/OC)N(C)C. The summed E-state index contributed by atoms with van der Waals surface area (Å²) < 4.78 is 9.28. The summed E-state index contributed by atoms with van der Waals surface area (Å²) in [6.07, 6.45) is 1.28. The Hall–Kier alpha value is -1.19. The number of carbonyl (C=O) groups is 1. The molecule has 0 unspecified atom stereocenters. The number of nitrogens with zero attached hydrogens (tertiary/aromatic N) is 1. The quantitative estimate of drug-likeness (QED) is 0.335. The molecule has 0 aromatic carbocycles. The van der Waals surface area contributed by atoms with E-state index in [1.165, 1.54) is 20.3 Å². The van der Waals surface area contributed by atoms with Gasteiger partial charge in [-0.05, 0) is 0 Å². The van der Waals surface area contributed by atoms with Crippen molar-refractivity contribution in [1.82, 2.24) is 4.90 Å². The molecule has 0 aliphatic rings. The minimum Gasteiger partial charge on any atom is -0.482 e. The summed E-state index contributed by atoms with van der Waals surface area (Å²) in [6, 6.07) is 0. The van der Waals surface area contributed by atoms with Crippen LogP contribution in [0.15, 0.2) is 12.0 Å². The van der Waals surface area contributed by atoms with E-state index in [1.54, 1.807) is 19.0 Å². The molecule has 0 spiro atoms. The zero-order chi connectivity index (χ0) is 8.85. The van der Waals surface area contributed by atoms with Gasteiger partial charge in [0.15, 0.2) is 5.88 Å². The Labute approximate surface area is 66.4 Å².